The molecule has 0 bridgehead atoms. The van der Waals surface area contributed by atoms with E-state index in [0.717, 1.165) is 71.3 Å². The molecule has 0 amide bonds. The Morgan fingerprint density at radius 2 is 1.07 bits per heavy atom. The maximum atomic E-state index is 13.9. The van der Waals surface area contributed by atoms with Gasteiger partial charge >= 0.3 is 18.9 Å². The van der Waals surface area contributed by atoms with Gasteiger partial charge in [-0.3, -0.25) is 4.79 Å². The summed E-state index contributed by atoms with van der Waals surface area (Å²) in [5.41, 5.74) is 5.49. The molecule has 41 heavy (non-hydrogen) atoms. The second kappa shape index (κ2) is 21.3. The predicted molar refractivity (Wildman–Crippen MR) is 173 cm³/mol. The summed E-state index contributed by atoms with van der Waals surface area (Å²) in [6.07, 6.45) is 13.7. The molecular formula is C35H55LiO4P+. The molecule has 0 aliphatic rings. The van der Waals surface area contributed by atoms with Crippen molar-refractivity contribution < 1.29 is 37.9 Å². The first-order valence-electron chi connectivity index (χ1n) is 15.8. The zero-order valence-corrected chi connectivity index (χ0v) is 28.5. The van der Waals surface area contributed by atoms with Gasteiger partial charge in [-0.2, -0.15) is 0 Å². The fourth-order valence-electron chi connectivity index (χ4n) is 4.95. The van der Waals surface area contributed by atoms with Crippen LogP contribution in [0, 0.1) is 27.7 Å². The smallest absolute Gasteiger partial charge is 0.493 e. The topological polar surface area (TPSA) is 44.8 Å². The SMILES string of the molecule is CCCCCCOc1cc(OCCCCCC)c(PC(=O)c2c(C)cc(C)c(C)c2C)c(OCCCCCC)c1.[Li+]. The van der Waals surface area contributed by atoms with Crippen molar-refractivity contribution in [2.45, 2.75) is 126 Å². The zero-order chi connectivity index (χ0) is 29.3. The number of benzene rings is 2. The van der Waals surface area contributed by atoms with Gasteiger partial charge in [0.1, 0.15) is 17.2 Å². The Morgan fingerprint density at radius 3 is 1.54 bits per heavy atom. The minimum Gasteiger partial charge on any atom is -0.493 e. The van der Waals surface area contributed by atoms with E-state index in [0.29, 0.717) is 19.8 Å². The normalized spacial score (nSPS) is 11.1. The second-order valence-electron chi connectivity index (χ2n) is 11.1. The van der Waals surface area contributed by atoms with Crippen molar-refractivity contribution in [3.8, 4) is 17.2 Å². The van der Waals surface area contributed by atoms with Crippen LogP contribution in [-0.4, -0.2) is 25.3 Å². The van der Waals surface area contributed by atoms with Crippen molar-refractivity contribution in [3.05, 3.63) is 46.0 Å². The number of carbonyl (C=O) groups is 1. The molecule has 1 unspecified atom stereocenters. The Balaban J connectivity index is 0.00000840. The molecule has 2 aromatic carbocycles. The first-order chi connectivity index (χ1) is 19.3. The Labute approximate surface area is 265 Å². The molecule has 0 saturated carbocycles. The van der Waals surface area contributed by atoms with Gasteiger partial charge in [-0.25, -0.2) is 0 Å². The second-order valence-corrected chi connectivity index (χ2v) is 12.3. The number of rotatable bonds is 21. The minimum atomic E-state index is -0.0821. The van der Waals surface area contributed by atoms with Gasteiger partial charge in [0.05, 0.1) is 25.1 Å². The fourth-order valence-corrected chi connectivity index (χ4v) is 6.22. The average molecular weight is 578 g/mol. The van der Waals surface area contributed by atoms with Crippen LogP contribution >= 0.6 is 8.58 Å². The summed E-state index contributed by atoms with van der Waals surface area (Å²) >= 11 is 0. The van der Waals surface area contributed by atoms with Crippen molar-refractivity contribution >= 4 is 19.4 Å². The van der Waals surface area contributed by atoms with E-state index in [9.17, 15) is 4.79 Å². The van der Waals surface area contributed by atoms with Gasteiger partial charge in [0.2, 0.25) is 0 Å². The Bertz CT molecular complexity index is 1020. The summed E-state index contributed by atoms with van der Waals surface area (Å²) in [5.74, 6) is 2.23. The van der Waals surface area contributed by atoms with Gasteiger partial charge in [-0.15, -0.1) is 0 Å². The van der Waals surface area contributed by atoms with E-state index in [4.69, 9.17) is 14.2 Å². The van der Waals surface area contributed by atoms with Crippen molar-refractivity contribution in [3.63, 3.8) is 0 Å². The first-order valence-corrected chi connectivity index (χ1v) is 16.8. The van der Waals surface area contributed by atoms with Crippen LogP contribution in [0.5, 0.6) is 17.2 Å². The van der Waals surface area contributed by atoms with E-state index < -0.39 is 0 Å². The van der Waals surface area contributed by atoms with Crippen molar-refractivity contribution in [1.29, 1.82) is 0 Å². The fraction of sp³-hybridized carbons (Fsp3) is 0.629. The number of ether oxygens (including phenoxy) is 3. The van der Waals surface area contributed by atoms with Crippen LogP contribution in [0.25, 0.3) is 0 Å². The van der Waals surface area contributed by atoms with Gasteiger partial charge in [0.25, 0.3) is 0 Å². The van der Waals surface area contributed by atoms with Crippen molar-refractivity contribution in [2.24, 2.45) is 0 Å². The summed E-state index contributed by atoms with van der Waals surface area (Å²) in [6, 6.07) is 6.10. The van der Waals surface area contributed by atoms with Gasteiger partial charge in [0.15, 0.2) is 5.52 Å². The van der Waals surface area contributed by atoms with E-state index in [-0.39, 0.29) is 33.0 Å². The molecule has 0 aromatic heterocycles. The standard InChI is InChI=1S/C35H55O4P.Li/c1-8-11-14-17-20-37-30-24-31(38-21-18-15-12-9-2)34(32(25-30)39-22-19-16-13-10-3)40-35(36)33-27(5)23-26(4)28(6)29(33)7;/h23-25,40H,8-22H2,1-7H3;/q;+1. The van der Waals surface area contributed by atoms with Gasteiger partial charge in [-0.05, 0) is 77.8 Å². The van der Waals surface area contributed by atoms with Crippen LogP contribution in [-0.2, 0) is 0 Å². The number of hydrogen-bond donors (Lipinski definition) is 0. The zero-order valence-electron chi connectivity index (χ0n) is 27.5. The molecule has 0 spiro atoms. The van der Waals surface area contributed by atoms with Crippen molar-refractivity contribution in [1.82, 2.24) is 0 Å². The molecule has 0 aliphatic carbocycles. The number of aryl methyl sites for hydroxylation is 2. The molecule has 224 valence electrons. The molecule has 0 radical (unpaired) electrons. The molecule has 2 aromatic rings. The summed E-state index contributed by atoms with van der Waals surface area (Å²) in [5, 5.41) is 0.867. The molecule has 0 saturated heterocycles. The third-order valence-corrected chi connectivity index (χ3v) is 8.86. The molecule has 4 nitrogen and oxygen atoms in total. The summed E-state index contributed by atoms with van der Waals surface area (Å²) in [7, 11) is -0.0821. The third-order valence-electron chi connectivity index (χ3n) is 7.64. The predicted octanol–water partition coefficient (Wildman–Crippen LogP) is 6.95. The van der Waals surface area contributed by atoms with Crippen LogP contribution in [0.15, 0.2) is 18.2 Å². The Kier molecular flexibility index (Phi) is 19.5. The maximum Gasteiger partial charge on any atom is 1.00 e. The van der Waals surface area contributed by atoms with Crippen LogP contribution in [0.3, 0.4) is 0 Å². The Morgan fingerprint density at radius 1 is 0.610 bits per heavy atom. The van der Waals surface area contributed by atoms with Crippen LogP contribution < -0.4 is 38.4 Å². The van der Waals surface area contributed by atoms with Crippen LogP contribution in [0.1, 0.15) is 130 Å². The summed E-state index contributed by atoms with van der Waals surface area (Å²) < 4.78 is 19.0. The van der Waals surface area contributed by atoms with Crippen LogP contribution in [0.4, 0.5) is 0 Å². The van der Waals surface area contributed by atoms with Crippen molar-refractivity contribution in [2.75, 3.05) is 19.8 Å². The van der Waals surface area contributed by atoms with E-state index in [1.54, 1.807) is 0 Å². The van der Waals surface area contributed by atoms with Gasteiger partial charge < -0.3 is 14.2 Å². The summed E-state index contributed by atoms with van der Waals surface area (Å²) in [6.45, 7) is 16.9. The number of carbonyl (C=O) groups excluding carboxylic acids is 1. The molecule has 0 heterocycles. The van der Waals surface area contributed by atoms with E-state index >= 15 is 0 Å². The molecular weight excluding hydrogens is 522 g/mol. The van der Waals surface area contributed by atoms with E-state index in [2.05, 4.69) is 47.6 Å². The summed E-state index contributed by atoms with van der Waals surface area (Å²) in [4.78, 5) is 13.9. The molecule has 2 rings (SSSR count). The largest absolute Gasteiger partial charge is 1.00 e. The average Bonchev–Trinajstić information content (AvgIpc) is 2.92. The third kappa shape index (κ3) is 12.7. The van der Waals surface area contributed by atoms with Gasteiger partial charge in [-0.1, -0.05) is 84.6 Å². The van der Waals surface area contributed by atoms with E-state index in [1.807, 2.05) is 19.1 Å². The number of hydrogen-bond acceptors (Lipinski definition) is 4. The first kappa shape index (κ1) is 37.6. The van der Waals surface area contributed by atoms with Crippen LogP contribution in [0.2, 0.25) is 0 Å². The minimum absolute atomic E-state index is 0. The Hall–Kier alpha value is -1.46. The molecule has 0 fully saturated rings. The molecule has 6 heteroatoms. The molecule has 1 atom stereocenters. The molecule has 0 N–H and O–H groups in total. The maximum absolute atomic E-state index is 13.9. The number of unbranched alkanes of at least 4 members (excludes halogenated alkanes) is 9. The van der Waals surface area contributed by atoms with Gasteiger partial charge in [0, 0.05) is 17.7 Å². The monoisotopic (exact) mass is 577 g/mol. The molecule has 0 aliphatic heterocycles. The quantitative estimate of drug-likeness (QED) is 0.0916. The van der Waals surface area contributed by atoms with E-state index in [1.165, 1.54) is 56.1 Å².